The number of aromatic nitrogens is 1. The molecule has 0 saturated carbocycles. The Kier molecular flexibility index (Phi) is 9.11. The van der Waals surface area contributed by atoms with Crippen molar-refractivity contribution in [2.24, 2.45) is 0 Å². The largest absolute Gasteiger partial charge is 0.310 e. The van der Waals surface area contributed by atoms with Gasteiger partial charge >= 0.3 is 0 Å². The molecular formula is C65H44N2. The van der Waals surface area contributed by atoms with Crippen LogP contribution in [0.3, 0.4) is 0 Å². The molecule has 0 amide bonds. The molecule has 314 valence electrons. The topological polar surface area (TPSA) is 8.17 Å². The minimum absolute atomic E-state index is 0.610. The molecule has 0 aliphatic heterocycles. The van der Waals surface area contributed by atoms with Crippen molar-refractivity contribution in [3.05, 3.63) is 289 Å². The molecule has 0 radical (unpaired) electrons. The van der Waals surface area contributed by atoms with Crippen molar-refractivity contribution >= 4 is 49.6 Å². The Morgan fingerprint density at radius 1 is 0.313 bits per heavy atom. The maximum Gasteiger partial charge on any atom is 0.0720 e. The summed E-state index contributed by atoms with van der Waals surface area (Å²) in [6, 6.07) is 98.2. The third kappa shape index (κ3) is 6.11. The van der Waals surface area contributed by atoms with Gasteiger partial charge in [-0.05, 0) is 110 Å². The summed E-state index contributed by atoms with van der Waals surface area (Å²) in [6.45, 7) is 0. The second-order valence-electron chi connectivity index (χ2n) is 17.6. The third-order valence-corrected chi connectivity index (χ3v) is 14.1. The fourth-order valence-corrected chi connectivity index (χ4v) is 11.2. The summed E-state index contributed by atoms with van der Waals surface area (Å²) in [7, 11) is 0. The zero-order valence-electron chi connectivity index (χ0n) is 36.8. The van der Waals surface area contributed by atoms with Crippen LogP contribution in [0.4, 0.5) is 17.1 Å². The second kappa shape index (κ2) is 15.8. The van der Waals surface area contributed by atoms with Gasteiger partial charge in [0, 0.05) is 38.9 Å². The van der Waals surface area contributed by atoms with Gasteiger partial charge in [-0.15, -0.1) is 0 Å². The van der Waals surface area contributed by atoms with E-state index in [0.717, 1.165) is 28.3 Å². The van der Waals surface area contributed by atoms with E-state index in [1.807, 2.05) is 0 Å². The highest BCUT2D eigenvalue weighted by Gasteiger charge is 2.47. The Balaban J connectivity index is 1.07. The van der Waals surface area contributed by atoms with Gasteiger partial charge in [0.15, 0.2) is 0 Å². The quantitative estimate of drug-likeness (QED) is 0.148. The Hall–Kier alpha value is -8.72. The van der Waals surface area contributed by atoms with Crippen LogP contribution in [0.5, 0.6) is 0 Å². The van der Waals surface area contributed by atoms with Crippen LogP contribution in [0.2, 0.25) is 0 Å². The van der Waals surface area contributed by atoms with E-state index in [9.17, 15) is 0 Å². The molecule has 1 aliphatic rings. The van der Waals surface area contributed by atoms with Gasteiger partial charge in [0.1, 0.15) is 0 Å². The molecule has 0 bridgehead atoms. The molecule has 0 spiro atoms. The van der Waals surface area contributed by atoms with E-state index in [1.54, 1.807) is 0 Å². The number of para-hydroxylation sites is 1. The van der Waals surface area contributed by atoms with Crippen LogP contribution in [0.25, 0.3) is 71.6 Å². The highest BCUT2D eigenvalue weighted by molar-refractivity contribution is 6.19. The first kappa shape index (κ1) is 38.7. The van der Waals surface area contributed by atoms with E-state index in [2.05, 4.69) is 276 Å². The molecule has 1 atom stereocenters. The Morgan fingerprint density at radius 2 is 0.851 bits per heavy atom. The summed E-state index contributed by atoms with van der Waals surface area (Å²) in [6.07, 6.45) is 0. The number of fused-ring (bicyclic) bond motifs is 8. The number of rotatable bonds is 8. The summed E-state index contributed by atoms with van der Waals surface area (Å²) >= 11 is 0. The van der Waals surface area contributed by atoms with Crippen molar-refractivity contribution in [2.75, 3.05) is 4.90 Å². The van der Waals surface area contributed by atoms with Crippen LogP contribution < -0.4 is 4.90 Å². The summed E-state index contributed by atoms with van der Waals surface area (Å²) < 4.78 is 2.48. The van der Waals surface area contributed by atoms with Gasteiger partial charge in [0.2, 0.25) is 0 Å². The number of hydrogen-bond donors (Lipinski definition) is 0. The van der Waals surface area contributed by atoms with Crippen molar-refractivity contribution < 1.29 is 0 Å². The maximum absolute atomic E-state index is 2.48. The SMILES string of the molecule is c1ccc(-c2ccc(-n3c4cc(N(c5ccccc5)c5ccc6c(c5)C(c5ccccc5)(c5ccccc5-c5ccccc5)c5ccccc5-6)ccc4c4ccc5ccccc5c43)cc2)cc1. The van der Waals surface area contributed by atoms with E-state index < -0.39 is 5.41 Å². The summed E-state index contributed by atoms with van der Waals surface area (Å²) in [4.78, 5) is 2.44. The predicted octanol–water partition coefficient (Wildman–Crippen LogP) is 17.1. The number of nitrogens with zero attached hydrogens (tertiary/aromatic N) is 2. The first-order valence-corrected chi connectivity index (χ1v) is 23.2. The molecule has 1 aromatic heterocycles. The molecule has 0 N–H and O–H groups in total. The molecule has 1 unspecified atom stereocenters. The van der Waals surface area contributed by atoms with Crippen LogP contribution in [0, 0.1) is 0 Å². The van der Waals surface area contributed by atoms with Crippen LogP contribution in [0.1, 0.15) is 22.3 Å². The fourth-order valence-electron chi connectivity index (χ4n) is 11.2. The van der Waals surface area contributed by atoms with Gasteiger partial charge in [-0.2, -0.15) is 0 Å². The van der Waals surface area contributed by atoms with Gasteiger partial charge < -0.3 is 9.47 Å². The molecule has 67 heavy (non-hydrogen) atoms. The molecule has 1 heterocycles. The highest BCUT2D eigenvalue weighted by atomic mass is 15.1. The third-order valence-electron chi connectivity index (χ3n) is 14.1. The lowest BCUT2D eigenvalue weighted by Gasteiger charge is -2.36. The second-order valence-corrected chi connectivity index (χ2v) is 17.6. The summed E-state index contributed by atoms with van der Waals surface area (Å²) in [5.74, 6) is 0. The summed E-state index contributed by atoms with van der Waals surface area (Å²) in [5, 5.41) is 4.91. The molecule has 12 aromatic rings. The lowest BCUT2D eigenvalue weighted by Crippen LogP contribution is -2.29. The molecule has 13 rings (SSSR count). The van der Waals surface area contributed by atoms with E-state index in [4.69, 9.17) is 0 Å². The molecule has 1 aliphatic carbocycles. The van der Waals surface area contributed by atoms with Gasteiger partial charge in [0.25, 0.3) is 0 Å². The van der Waals surface area contributed by atoms with E-state index in [1.165, 1.54) is 82.7 Å². The van der Waals surface area contributed by atoms with Gasteiger partial charge in [-0.1, -0.05) is 218 Å². The zero-order chi connectivity index (χ0) is 44.3. The molecule has 11 aromatic carbocycles. The minimum Gasteiger partial charge on any atom is -0.310 e. The van der Waals surface area contributed by atoms with Crippen molar-refractivity contribution in [2.45, 2.75) is 5.41 Å². The van der Waals surface area contributed by atoms with Crippen LogP contribution in [-0.2, 0) is 5.41 Å². The molecule has 0 fully saturated rings. The van der Waals surface area contributed by atoms with Crippen LogP contribution >= 0.6 is 0 Å². The van der Waals surface area contributed by atoms with E-state index in [-0.39, 0.29) is 0 Å². The normalized spacial score (nSPS) is 14.0. The van der Waals surface area contributed by atoms with Crippen molar-refractivity contribution in [1.29, 1.82) is 0 Å². The predicted molar refractivity (Wildman–Crippen MR) is 281 cm³/mol. The average Bonchev–Trinajstić information content (AvgIpc) is 3.90. The van der Waals surface area contributed by atoms with Crippen molar-refractivity contribution in [1.82, 2.24) is 4.57 Å². The lowest BCUT2D eigenvalue weighted by molar-refractivity contribution is 0.770. The van der Waals surface area contributed by atoms with Gasteiger partial charge in [-0.3, -0.25) is 0 Å². The van der Waals surface area contributed by atoms with E-state index >= 15 is 0 Å². The van der Waals surface area contributed by atoms with E-state index in [0.29, 0.717) is 0 Å². The molecule has 2 nitrogen and oxygen atoms in total. The van der Waals surface area contributed by atoms with Gasteiger partial charge in [-0.25, -0.2) is 0 Å². The average molecular weight is 853 g/mol. The van der Waals surface area contributed by atoms with Crippen LogP contribution in [0.15, 0.2) is 267 Å². The minimum atomic E-state index is -0.610. The first-order chi connectivity index (χ1) is 33.3. The number of hydrogen-bond acceptors (Lipinski definition) is 1. The Morgan fingerprint density at radius 3 is 1.60 bits per heavy atom. The van der Waals surface area contributed by atoms with Crippen LogP contribution in [-0.4, -0.2) is 4.57 Å². The molecular weight excluding hydrogens is 809 g/mol. The maximum atomic E-state index is 2.48. The monoisotopic (exact) mass is 852 g/mol. The standard InChI is InChI=1S/C65H44N2/c1-5-19-45(20-6-1)46-33-36-51(37-34-46)67-63-44-53(39-42-58(63)59-40-35-48-23-13-14-29-55(48)64(59)67)66(50-26-11-4-12-27-50)52-38-41-57-56-30-16-18-32-61(56)65(62(57)43-52,49-24-9-3-10-25-49)60-31-17-15-28-54(60)47-21-7-2-8-22-47/h1-44H. The molecule has 2 heteroatoms. The smallest absolute Gasteiger partial charge is 0.0720 e. The number of benzene rings is 11. The lowest BCUT2D eigenvalue weighted by atomic mass is 9.66. The highest BCUT2D eigenvalue weighted by Crippen LogP contribution is 2.59. The molecule has 0 saturated heterocycles. The van der Waals surface area contributed by atoms with Crippen molar-refractivity contribution in [3.8, 4) is 39.1 Å². The van der Waals surface area contributed by atoms with Crippen molar-refractivity contribution in [3.63, 3.8) is 0 Å². The number of anilines is 3. The summed E-state index contributed by atoms with van der Waals surface area (Å²) in [5.41, 5.74) is 18.5. The first-order valence-electron chi connectivity index (χ1n) is 23.2. The fraction of sp³-hybridized carbons (Fsp3) is 0.0154. The Bertz CT molecular complexity index is 3780. The Labute approximate surface area is 390 Å². The van der Waals surface area contributed by atoms with Gasteiger partial charge in [0.05, 0.1) is 16.4 Å². The zero-order valence-corrected chi connectivity index (χ0v) is 36.8.